The minimum atomic E-state index is -0.530. The maximum absolute atomic E-state index is 12.3. The van der Waals surface area contributed by atoms with Crippen LogP contribution in [0, 0.1) is 0 Å². The quantitative estimate of drug-likeness (QED) is 0.140. The van der Waals surface area contributed by atoms with Crippen LogP contribution in [0.5, 0.6) is 11.5 Å². The largest absolute Gasteiger partial charge is 0.494 e. The first-order valence-corrected chi connectivity index (χ1v) is 12.5. The molecule has 37 heavy (non-hydrogen) atoms. The molecule has 4 aromatic rings. The normalized spacial score (nSPS) is 10.9. The Kier molecular flexibility index (Phi) is 8.89. The summed E-state index contributed by atoms with van der Waals surface area (Å²) < 4.78 is 12.5. The van der Waals surface area contributed by atoms with E-state index >= 15 is 0 Å². The number of rotatable bonds is 10. The van der Waals surface area contributed by atoms with Gasteiger partial charge in [-0.2, -0.15) is 5.10 Å². The molecule has 188 valence electrons. The molecule has 0 aliphatic heterocycles. The minimum absolute atomic E-state index is 0.368. The number of halogens is 1. The van der Waals surface area contributed by atoms with E-state index in [4.69, 9.17) is 9.47 Å². The first kappa shape index (κ1) is 25.9. The third-order valence-corrected chi connectivity index (χ3v) is 5.92. The van der Waals surface area contributed by atoms with Crippen molar-refractivity contribution in [1.82, 2.24) is 5.43 Å². The van der Waals surface area contributed by atoms with Gasteiger partial charge in [-0.15, -0.1) is 0 Å². The summed E-state index contributed by atoms with van der Waals surface area (Å²) in [5, 5.41) is 8.74. The van der Waals surface area contributed by atoms with Gasteiger partial charge in [0, 0.05) is 15.7 Å². The lowest BCUT2D eigenvalue weighted by Gasteiger charge is -2.12. The molecule has 8 heteroatoms. The number of ether oxygens (including phenoxy) is 2. The van der Waals surface area contributed by atoms with Crippen molar-refractivity contribution in [1.29, 1.82) is 0 Å². The van der Waals surface area contributed by atoms with Gasteiger partial charge >= 0.3 is 0 Å². The standard InChI is InChI=1S/C29H26BrN3O4/c1-2-36-24-14-12-23(13-15-24)32-28(34)17-29(35)33-31-18-26-25-6-4-3-5-21(25)9-16-27(26)37-19-20-7-10-22(30)11-8-20/h3-16,18H,2,17,19H2,1H3,(H,32,34)(H,33,35). The first-order chi connectivity index (χ1) is 18.0. The Morgan fingerprint density at radius 1 is 0.892 bits per heavy atom. The van der Waals surface area contributed by atoms with E-state index in [0.717, 1.165) is 26.4 Å². The van der Waals surface area contributed by atoms with Crippen molar-refractivity contribution < 1.29 is 19.1 Å². The zero-order chi connectivity index (χ0) is 26.0. The lowest BCUT2D eigenvalue weighted by Crippen LogP contribution is -2.24. The number of hydrogen-bond donors (Lipinski definition) is 2. The molecular formula is C29H26BrN3O4. The van der Waals surface area contributed by atoms with Gasteiger partial charge in [-0.1, -0.05) is 58.4 Å². The van der Waals surface area contributed by atoms with Gasteiger partial charge in [0.1, 0.15) is 24.5 Å². The number of hydrogen-bond acceptors (Lipinski definition) is 5. The summed E-state index contributed by atoms with van der Waals surface area (Å²) in [4.78, 5) is 24.6. The van der Waals surface area contributed by atoms with Crippen LogP contribution in [0.1, 0.15) is 24.5 Å². The van der Waals surface area contributed by atoms with Crippen LogP contribution in [0.3, 0.4) is 0 Å². The molecule has 0 aliphatic carbocycles. The van der Waals surface area contributed by atoms with E-state index in [-0.39, 0.29) is 6.42 Å². The van der Waals surface area contributed by atoms with Gasteiger partial charge in [-0.3, -0.25) is 9.59 Å². The zero-order valence-corrected chi connectivity index (χ0v) is 21.8. The van der Waals surface area contributed by atoms with Crippen molar-refractivity contribution in [2.45, 2.75) is 20.0 Å². The molecule has 0 saturated heterocycles. The summed E-state index contributed by atoms with van der Waals surface area (Å²) >= 11 is 3.44. The Morgan fingerprint density at radius 3 is 2.41 bits per heavy atom. The highest BCUT2D eigenvalue weighted by Gasteiger charge is 2.11. The molecule has 0 bridgehead atoms. The third kappa shape index (κ3) is 7.41. The predicted molar refractivity (Wildman–Crippen MR) is 149 cm³/mol. The number of amides is 2. The molecule has 0 heterocycles. The molecule has 0 atom stereocenters. The average molecular weight is 560 g/mol. The van der Waals surface area contributed by atoms with Gasteiger partial charge in [-0.25, -0.2) is 5.43 Å². The molecule has 0 fully saturated rings. The molecule has 4 rings (SSSR count). The fourth-order valence-electron chi connectivity index (χ4n) is 3.64. The molecule has 2 amide bonds. The van der Waals surface area contributed by atoms with Crippen molar-refractivity contribution in [3.63, 3.8) is 0 Å². The summed E-state index contributed by atoms with van der Waals surface area (Å²) in [6.45, 7) is 2.84. The molecule has 4 aromatic carbocycles. The number of nitrogens with one attached hydrogen (secondary N) is 2. The van der Waals surface area contributed by atoms with Crippen LogP contribution in [-0.2, 0) is 16.2 Å². The number of hydrazone groups is 1. The molecular weight excluding hydrogens is 534 g/mol. The van der Waals surface area contributed by atoms with E-state index in [9.17, 15) is 9.59 Å². The van der Waals surface area contributed by atoms with Crippen LogP contribution in [0.25, 0.3) is 10.8 Å². The Hall–Kier alpha value is -4.17. The van der Waals surface area contributed by atoms with Gasteiger partial charge in [0.15, 0.2) is 0 Å². The average Bonchev–Trinajstić information content (AvgIpc) is 2.90. The second-order valence-electron chi connectivity index (χ2n) is 8.09. The van der Waals surface area contributed by atoms with Gasteiger partial charge in [0.25, 0.3) is 0 Å². The van der Waals surface area contributed by atoms with E-state index in [1.165, 1.54) is 0 Å². The molecule has 0 aromatic heterocycles. The highest BCUT2D eigenvalue weighted by Crippen LogP contribution is 2.27. The number of carbonyl (C=O) groups is 2. The second-order valence-corrected chi connectivity index (χ2v) is 9.00. The molecule has 2 N–H and O–H groups in total. The molecule has 7 nitrogen and oxygen atoms in total. The highest BCUT2D eigenvalue weighted by atomic mass is 79.9. The number of nitrogens with zero attached hydrogens (tertiary/aromatic N) is 1. The summed E-state index contributed by atoms with van der Waals surface area (Å²) in [5.74, 6) is 0.367. The summed E-state index contributed by atoms with van der Waals surface area (Å²) in [5.41, 5.74) is 4.76. The lowest BCUT2D eigenvalue weighted by atomic mass is 10.0. The Bertz CT molecular complexity index is 1400. The van der Waals surface area contributed by atoms with E-state index in [0.29, 0.717) is 30.4 Å². The van der Waals surface area contributed by atoms with Crippen LogP contribution < -0.4 is 20.2 Å². The molecule has 0 saturated carbocycles. The third-order valence-electron chi connectivity index (χ3n) is 5.39. The summed E-state index contributed by atoms with van der Waals surface area (Å²) in [7, 11) is 0. The highest BCUT2D eigenvalue weighted by molar-refractivity contribution is 9.10. The summed E-state index contributed by atoms with van der Waals surface area (Å²) in [6, 6.07) is 26.5. The van der Waals surface area contributed by atoms with E-state index < -0.39 is 11.8 Å². The number of carbonyl (C=O) groups excluding carboxylic acids is 2. The Balaban J connectivity index is 1.40. The topological polar surface area (TPSA) is 89.0 Å². The maximum Gasteiger partial charge on any atom is 0.249 e. The van der Waals surface area contributed by atoms with Crippen molar-refractivity contribution in [2.24, 2.45) is 5.10 Å². The van der Waals surface area contributed by atoms with Crippen molar-refractivity contribution in [2.75, 3.05) is 11.9 Å². The van der Waals surface area contributed by atoms with E-state index in [1.54, 1.807) is 30.5 Å². The van der Waals surface area contributed by atoms with Gasteiger partial charge < -0.3 is 14.8 Å². The van der Waals surface area contributed by atoms with Crippen LogP contribution in [0.2, 0.25) is 0 Å². The van der Waals surface area contributed by atoms with Crippen molar-refractivity contribution in [3.05, 3.63) is 101 Å². The molecule has 0 spiro atoms. The first-order valence-electron chi connectivity index (χ1n) is 11.8. The van der Waals surface area contributed by atoms with Gasteiger partial charge in [-0.05, 0) is 65.7 Å². The Labute approximate surface area is 223 Å². The number of anilines is 1. The minimum Gasteiger partial charge on any atom is -0.494 e. The second kappa shape index (κ2) is 12.7. The molecule has 0 radical (unpaired) electrons. The zero-order valence-electron chi connectivity index (χ0n) is 20.2. The lowest BCUT2D eigenvalue weighted by molar-refractivity contribution is -0.126. The fraction of sp³-hybridized carbons (Fsp3) is 0.138. The van der Waals surface area contributed by atoms with Gasteiger partial charge in [0.05, 0.1) is 12.8 Å². The molecule has 0 unspecified atom stereocenters. The van der Waals surface area contributed by atoms with Crippen LogP contribution in [0.15, 0.2) is 94.5 Å². The van der Waals surface area contributed by atoms with Gasteiger partial charge in [0.2, 0.25) is 11.8 Å². The van der Waals surface area contributed by atoms with Crippen LogP contribution in [-0.4, -0.2) is 24.6 Å². The van der Waals surface area contributed by atoms with Crippen molar-refractivity contribution in [3.8, 4) is 11.5 Å². The number of fused-ring (bicyclic) bond motifs is 1. The maximum atomic E-state index is 12.3. The monoisotopic (exact) mass is 559 g/mol. The molecule has 0 aliphatic rings. The number of benzene rings is 4. The van der Waals surface area contributed by atoms with E-state index in [1.807, 2.05) is 67.6 Å². The van der Waals surface area contributed by atoms with Crippen LogP contribution in [0.4, 0.5) is 5.69 Å². The Morgan fingerprint density at radius 2 is 1.65 bits per heavy atom. The van der Waals surface area contributed by atoms with Crippen molar-refractivity contribution >= 4 is 50.4 Å². The fourth-order valence-corrected chi connectivity index (χ4v) is 3.90. The smallest absolute Gasteiger partial charge is 0.249 e. The van der Waals surface area contributed by atoms with Crippen LogP contribution >= 0.6 is 15.9 Å². The van der Waals surface area contributed by atoms with E-state index in [2.05, 4.69) is 31.8 Å². The predicted octanol–water partition coefficient (Wildman–Crippen LogP) is 6.06. The SMILES string of the molecule is CCOc1ccc(NC(=O)CC(=O)NN=Cc2c(OCc3ccc(Br)cc3)ccc3ccccc23)cc1. The summed E-state index contributed by atoms with van der Waals surface area (Å²) in [6.07, 6.45) is 1.18.